The van der Waals surface area contributed by atoms with E-state index < -0.39 is 12.1 Å². The largest absolute Gasteiger partial charge is 0.493 e. The molecule has 0 spiro atoms. The molecule has 2 rings (SSSR count). The van der Waals surface area contributed by atoms with Crippen molar-refractivity contribution in [2.75, 3.05) is 19.0 Å². The summed E-state index contributed by atoms with van der Waals surface area (Å²) in [4.78, 5) is 24.9. The Morgan fingerprint density at radius 1 is 1.04 bits per heavy atom. The SMILES string of the molecule is CCOc1ccc(C(=O)O[C@H](C)C(=O)Nc2ccccc2C(C)C)cc1OC. The maximum atomic E-state index is 12.5. The third-order valence-corrected chi connectivity index (χ3v) is 4.19. The van der Waals surface area contributed by atoms with E-state index >= 15 is 0 Å². The normalized spacial score (nSPS) is 11.6. The van der Waals surface area contributed by atoms with E-state index in [0.717, 1.165) is 5.56 Å². The molecule has 1 atom stereocenters. The van der Waals surface area contributed by atoms with Gasteiger partial charge < -0.3 is 19.5 Å². The van der Waals surface area contributed by atoms with Crippen molar-refractivity contribution < 1.29 is 23.8 Å². The van der Waals surface area contributed by atoms with Crippen LogP contribution in [0, 0.1) is 0 Å². The number of ether oxygens (including phenoxy) is 3. The molecule has 1 amide bonds. The van der Waals surface area contributed by atoms with E-state index in [0.29, 0.717) is 23.8 Å². The molecule has 0 aliphatic heterocycles. The van der Waals surface area contributed by atoms with Gasteiger partial charge in [0.1, 0.15) is 0 Å². The number of rotatable bonds is 8. The van der Waals surface area contributed by atoms with E-state index in [9.17, 15) is 9.59 Å². The summed E-state index contributed by atoms with van der Waals surface area (Å²) in [5.74, 6) is 0.225. The Balaban J connectivity index is 2.07. The van der Waals surface area contributed by atoms with E-state index in [-0.39, 0.29) is 17.4 Å². The lowest BCUT2D eigenvalue weighted by molar-refractivity contribution is -0.123. The minimum atomic E-state index is -0.953. The molecule has 0 unspecified atom stereocenters. The highest BCUT2D eigenvalue weighted by atomic mass is 16.5. The predicted octanol–water partition coefficient (Wildman–Crippen LogP) is 4.40. The molecule has 150 valence electrons. The number of anilines is 1. The van der Waals surface area contributed by atoms with Gasteiger partial charge in [-0.25, -0.2) is 4.79 Å². The summed E-state index contributed by atoms with van der Waals surface area (Å²) in [6, 6.07) is 12.3. The Morgan fingerprint density at radius 3 is 2.39 bits per heavy atom. The standard InChI is InChI=1S/C22H27NO5/c1-6-27-19-12-11-16(13-20(19)26-5)22(25)28-15(4)21(24)23-18-10-8-7-9-17(18)14(2)3/h7-15H,6H2,1-5H3,(H,23,24)/t15-/m1/s1. The first-order valence-corrected chi connectivity index (χ1v) is 9.29. The van der Waals surface area contributed by atoms with Crippen LogP contribution >= 0.6 is 0 Å². The second kappa shape index (κ2) is 9.78. The Labute approximate surface area is 165 Å². The number of nitrogens with one attached hydrogen (secondary N) is 1. The number of hydrogen-bond acceptors (Lipinski definition) is 5. The molecule has 1 N–H and O–H groups in total. The van der Waals surface area contributed by atoms with Gasteiger partial charge in [0.2, 0.25) is 0 Å². The number of esters is 1. The molecule has 0 bridgehead atoms. The molecule has 2 aromatic carbocycles. The van der Waals surface area contributed by atoms with E-state index in [4.69, 9.17) is 14.2 Å². The van der Waals surface area contributed by atoms with Crippen LogP contribution in [-0.2, 0) is 9.53 Å². The Bertz CT molecular complexity index is 831. The molecule has 6 heteroatoms. The second-order valence-electron chi connectivity index (χ2n) is 6.58. The topological polar surface area (TPSA) is 73.9 Å². The number of carbonyl (C=O) groups excluding carboxylic acids is 2. The van der Waals surface area contributed by atoms with E-state index in [1.54, 1.807) is 12.1 Å². The highest BCUT2D eigenvalue weighted by Crippen LogP contribution is 2.28. The van der Waals surface area contributed by atoms with Crippen LogP contribution in [-0.4, -0.2) is 31.7 Å². The first-order chi connectivity index (χ1) is 13.4. The van der Waals surface area contributed by atoms with Crippen LogP contribution in [0.25, 0.3) is 0 Å². The molecule has 0 fully saturated rings. The van der Waals surface area contributed by atoms with E-state index in [2.05, 4.69) is 5.32 Å². The average Bonchev–Trinajstić information content (AvgIpc) is 2.68. The molecule has 28 heavy (non-hydrogen) atoms. The van der Waals surface area contributed by atoms with Gasteiger partial charge in [-0.1, -0.05) is 32.0 Å². The van der Waals surface area contributed by atoms with Gasteiger partial charge in [0.05, 0.1) is 19.3 Å². The summed E-state index contributed by atoms with van der Waals surface area (Å²) in [7, 11) is 1.50. The van der Waals surface area contributed by atoms with Crippen LogP contribution in [0.5, 0.6) is 11.5 Å². The van der Waals surface area contributed by atoms with Gasteiger partial charge in [-0.2, -0.15) is 0 Å². The highest BCUT2D eigenvalue weighted by Gasteiger charge is 2.21. The summed E-state index contributed by atoms with van der Waals surface area (Å²) >= 11 is 0. The fourth-order valence-electron chi connectivity index (χ4n) is 2.70. The Hall–Kier alpha value is -3.02. The first-order valence-electron chi connectivity index (χ1n) is 9.29. The molecular weight excluding hydrogens is 358 g/mol. The van der Waals surface area contributed by atoms with Crippen LogP contribution in [0.2, 0.25) is 0 Å². The van der Waals surface area contributed by atoms with Crippen LogP contribution < -0.4 is 14.8 Å². The highest BCUT2D eigenvalue weighted by molar-refractivity contribution is 5.98. The molecule has 0 aliphatic carbocycles. The molecule has 2 aromatic rings. The predicted molar refractivity (Wildman–Crippen MR) is 108 cm³/mol. The van der Waals surface area contributed by atoms with Gasteiger partial charge in [0.25, 0.3) is 5.91 Å². The van der Waals surface area contributed by atoms with Gasteiger partial charge in [-0.3, -0.25) is 4.79 Å². The molecule has 0 saturated carbocycles. The fraction of sp³-hybridized carbons (Fsp3) is 0.364. The number of benzene rings is 2. The number of hydrogen-bond donors (Lipinski definition) is 1. The van der Waals surface area contributed by atoms with Crippen molar-refractivity contribution >= 4 is 17.6 Å². The zero-order valence-corrected chi connectivity index (χ0v) is 16.9. The lowest BCUT2D eigenvalue weighted by atomic mass is 10.0. The summed E-state index contributed by atoms with van der Waals surface area (Å²) in [6.07, 6.45) is -0.953. The summed E-state index contributed by atoms with van der Waals surface area (Å²) in [5, 5.41) is 2.84. The van der Waals surface area contributed by atoms with Crippen molar-refractivity contribution in [2.45, 2.75) is 39.7 Å². The van der Waals surface area contributed by atoms with Crippen molar-refractivity contribution in [3.8, 4) is 11.5 Å². The van der Waals surface area contributed by atoms with Gasteiger partial charge in [-0.15, -0.1) is 0 Å². The van der Waals surface area contributed by atoms with Gasteiger partial charge in [0, 0.05) is 5.69 Å². The van der Waals surface area contributed by atoms with Gasteiger partial charge in [-0.05, 0) is 49.6 Å². The van der Waals surface area contributed by atoms with E-state index in [1.165, 1.54) is 20.1 Å². The van der Waals surface area contributed by atoms with Crippen molar-refractivity contribution in [3.05, 3.63) is 53.6 Å². The Morgan fingerprint density at radius 2 is 1.75 bits per heavy atom. The minimum absolute atomic E-state index is 0.255. The van der Waals surface area contributed by atoms with Crippen LogP contribution in [0.15, 0.2) is 42.5 Å². The molecule has 0 saturated heterocycles. The van der Waals surface area contributed by atoms with Crippen LogP contribution in [0.3, 0.4) is 0 Å². The van der Waals surface area contributed by atoms with Gasteiger partial charge in [0.15, 0.2) is 17.6 Å². The molecular formula is C22H27NO5. The zero-order chi connectivity index (χ0) is 20.7. The smallest absolute Gasteiger partial charge is 0.339 e. The average molecular weight is 385 g/mol. The van der Waals surface area contributed by atoms with Gasteiger partial charge >= 0.3 is 5.97 Å². The maximum absolute atomic E-state index is 12.5. The lowest BCUT2D eigenvalue weighted by Gasteiger charge is -2.17. The molecule has 0 radical (unpaired) electrons. The molecule has 6 nitrogen and oxygen atoms in total. The first kappa shape index (κ1) is 21.3. The van der Waals surface area contributed by atoms with Crippen LogP contribution in [0.4, 0.5) is 5.69 Å². The van der Waals surface area contributed by atoms with Crippen LogP contribution in [0.1, 0.15) is 49.5 Å². The summed E-state index contributed by atoms with van der Waals surface area (Å²) in [6.45, 7) is 7.98. The lowest BCUT2D eigenvalue weighted by Crippen LogP contribution is -2.30. The second-order valence-corrected chi connectivity index (χ2v) is 6.58. The molecule has 0 aliphatic rings. The number of amides is 1. The number of methoxy groups -OCH3 is 1. The third kappa shape index (κ3) is 5.25. The monoisotopic (exact) mass is 385 g/mol. The summed E-state index contributed by atoms with van der Waals surface area (Å²) < 4.78 is 16.0. The molecule has 0 heterocycles. The maximum Gasteiger partial charge on any atom is 0.339 e. The fourth-order valence-corrected chi connectivity index (χ4v) is 2.70. The number of carbonyl (C=O) groups is 2. The van der Waals surface area contributed by atoms with E-state index in [1.807, 2.05) is 45.0 Å². The summed E-state index contributed by atoms with van der Waals surface area (Å²) in [5.41, 5.74) is 2.02. The quantitative estimate of drug-likeness (QED) is 0.682. The Kier molecular flexibility index (Phi) is 7.44. The zero-order valence-electron chi connectivity index (χ0n) is 16.9. The number of para-hydroxylation sites is 1. The van der Waals surface area contributed by atoms with Crippen molar-refractivity contribution in [1.29, 1.82) is 0 Å². The van der Waals surface area contributed by atoms with Crippen molar-refractivity contribution in [1.82, 2.24) is 0 Å². The molecule has 0 aromatic heterocycles. The minimum Gasteiger partial charge on any atom is -0.493 e. The third-order valence-electron chi connectivity index (χ3n) is 4.19. The van der Waals surface area contributed by atoms with Crippen molar-refractivity contribution in [2.24, 2.45) is 0 Å². The van der Waals surface area contributed by atoms with Crippen molar-refractivity contribution in [3.63, 3.8) is 0 Å².